The lowest BCUT2D eigenvalue weighted by molar-refractivity contribution is 0.0687. The van der Waals surface area contributed by atoms with Gasteiger partial charge in [0.1, 0.15) is 11.4 Å². The topological polar surface area (TPSA) is 108 Å². The van der Waals surface area contributed by atoms with Crippen molar-refractivity contribution in [3.8, 4) is 23.5 Å². The zero-order valence-electron chi connectivity index (χ0n) is 11.4. The van der Waals surface area contributed by atoms with Crippen molar-refractivity contribution in [2.75, 3.05) is 0 Å². The number of carbonyl (C=O) groups is 1. The first-order valence-corrected chi connectivity index (χ1v) is 6.03. The second-order valence-electron chi connectivity index (χ2n) is 4.74. The molecule has 0 fully saturated rings. The zero-order valence-corrected chi connectivity index (χ0v) is 11.4. The number of benzene rings is 1. The maximum Gasteiger partial charge on any atom is 0.359 e. The summed E-state index contributed by atoms with van der Waals surface area (Å²) in [6.45, 7) is 3.16. The van der Waals surface area contributed by atoms with E-state index in [0.29, 0.717) is 11.3 Å². The molecule has 0 unspecified atom stereocenters. The highest BCUT2D eigenvalue weighted by atomic mass is 16.5. The fourth-order valence-electron chi connectivity index (χ4n) is 1.40. The van der Waals surface area contributed by atoms with Crippen LogP contribution in [-0.4, -0.2) is 37.2 Å². The van der Waals surface area contributed by atoms with Crippen LogP contribution < -0.4 is 4.74 Å². The number of aromatic carboxylic acids is 1. The van der Waals surface area contributed by atoms with E-state index in [1.54, 1.807) is 38.1 Å². The quantitative estimate of drug-likeness (QED) is 0.737. The van der Waals surface area contributed by atoms with E-state index in [1.807, 2.05) is 0 Å². The number of nitrogens with zero attached hydrogens (tertiary/aromatic N) is 2. The molecule has 1 heterocycles. The van der Waals surface area contributed by atoms with Gasteiger partial charge in [-0.05, 0) is 32.0 Å². The number of rotatable bonds is 3. The lowest BCUT2D eigenvalue weighted by atomic mass is 10.1. The molecule has 0 spiro atoms. The second kappa shape index (κ2) is 5.64. The van der Waals surface area contributed by atoms with Gasteiger partial charge in [-0.1, -0.05) is 28.2 Å². The van der Waals surface area contributed by atoms with E-state index in [-0.39, 0.29) is 11.6 Å². The molecule has 0 amide bonds. The minimum absolute atomic E-state index is 0.130. The van der Waals surface area contributed by atoms with Crippen LogP contribution in [-0.2, 0) is 0 Å². The SMILES string of the molecule is CC(C)(O)C#Cc1cccc(Oc2nn[nH]c2C(=O)O)c1. The zero-order chi connectivity index (χ0) is 15.5. The molecule has 7 heteroatoms. The lowest BCUT2D eigenvalue weighted by Crippen LogP contribution is -2.14. The van der Waals surface area contributed by atoms with E-state index >= 15 is 0 Å². The van der Waals surface area contributed by atoms with E-state index < -0.39 is 11.6 Å². The first kappa shape index (κ1) is 14.6. The second-order valence-corrected chi connectivity index (χ2v) is 4.74. The Balaban J connectivity index is 2.23. The third-order valence-corrected chi connectivity index (χ3v) is 2.29. The summed E-state index contributed by atoms with van der Waals surface area (Å²) >= 11 is 0. The van der Waals surface area contributed by atoms with Crippen molar-refractivity contribution >= 4 is 5.97 Å². The van der Waals surface area contributed by atoms with Crippen LogP contribution in [0, 0.1) is 11.8 Å². The fourth-order valence-corrected chi connectivity index (χ4v) is 1.40. The average Bonchev–Trinajstić information content (AvgIpc) is 2.84. The summed E-state index contributed by atoms with van der Waals surface area (Å²) in [6, 6.07) is 6.69. The summed E-state index contributed by atoms with van der Waals surface area (Å²) in [4.78, 5) is 10.9. The van der Waals surface area contributed by atoms with E-state index in [2.05, 4.69) is 27.3 Å². The molecule has 2 aromatic rings. The first-order valence-electron chi connectivity index (χ1n) is 6.03. The van der Waals surface area contributed by atoms with Crippen LogP contribution in [0.1, 0.15) is 29.9 Å². The van der Waals surface area contributed by atoms with Crippen LogP contribution in [0.3, 0.4) is 0 Å². The van der Waals surface area contributed by atoms with Gasteiger partial charge in [-0.25, -0.2) is 9.89 Å². The van der Waals surface area contributed by atoms with Crippen molar-refractivity contribution in [1.82, 2.24) is 15.4 Å². The van der Waals surface area contributed by atoms with Crippen LogP contribution in [0.4, 0.5) is 0 Å². The number of hydrogen-bond donors (Lipinski definition) is 3. The van der Waals surface area contributed by atoms with Gasteiger partial charge < -0.3 is 14.9 Å². The number of ether oxygens (including phenoxy) is 1. The highest BCUT2D eigenvalue weighted by Crippen LogP contribution is 2.22. The maximum absolute atomic E-state index is 10.9. The van der Waals surface area contributed by atoms with Gasteiger partial charge in [-0.2, -0.15) is 0 Å². The third kappa shape index (κ3) is 4.06. The number of aromatic amines is 1. The normalized spacial score (nSPS) is 10.6. The monoisotopic (exact) mass is 287 g/mol. The Morgan fingerprint density at radius 3 is 2.86 bits per heavy atom. The largest absolute Gasteiger partial charge is 0.476 e. The van der Waals surface area contributed by atoms with Crippen molar-refractivity contribution in [3.05, 3.63) is 35.5 Å². The van der Waals surface area contributed by atoms with Gasteiger partial charge in [0.05, 0.1) is 0 Å². The number of carboxylic acid groups (broad SMARTS) is 1. The van der Waals surface area contributed by atoms with Crippen LogP contribution >= 0.6 is 0 Å². The Morgan fingerprint density at radius 2 is 2.19 bits per heavy atom. The van der Waals surface area contributed by atoms with Crippen LogP contribution in [0.25, 0.3) is 0 Å². The molecule has 0 aliphatic carbocycles. The van der Waals surface area contributed by atoms with Crippen molar-refractivity contribution < 1.29 is 19.7 Å². The molecular weight excluding hydrogens is 274 g/mol. The molecule has 0 aliphatic heterocycles. The van der Waals surface area contributed by atoms with Gasteiger partial charge in [0, 0.05) is 5.56 Å². The first-order chi connectivity index (χ1) is 9.85. The number of aromatic nitrogens is 3. The highest BCUT2D eigenvalue weighted by Gasteiger charge is 2.16. The Morgan fingerprint density at radius 1 is 1.43 bits per heavy atom. The van der Waals surface area contributed by atoms with Gasteiger partial charge in [-0.15, -0.1) is 0 Å². The van der Waals surface area contributed by atoms with Gasteiger partial charge in [-0.3, -0.25) is 0 Å². The van der Waals surface area contributed by atoms with Crippen molar-refractivity contribution in [2.24, 2.45) is 0 Å². The third-order valence-electron chi connectivity index (χ3n) is 2.29. The van der Waals surface area contributed by atoms with Gasteiger partial charge in [0.2, 0.25) is 5.69 Å². The Labute approximate surface area is 120 Å². The Hall–Kier alpha value is -2.85. The summed E-state index contributed by atoms with van der Waals surface area (Å²) in [7, 11) is 0. The molecule has 21 heavy (non-hydrogen) atoms. The molecule has 0 bridgehead atoms. The van der Waals surface area contributed by atoms with E-state index in [0.717, 1.165) is 0 Å². The number of nitrogens with one attached hydrogen (secondary N) is 1. The van der Waals surface area contributed by atoms with E-state index in [9.17, 15) is 9.90 Å². The van der Waals surface area contributed by atoms with Gasteiger partial charge in [0.25, 0.3) is 5.88 Å². The maximum atomic E-state index is 10.9. The van der Waals surface area contributed by atoms with Gasteiger partial charge >= 0.3 is 5.97 Å². The molecule has 0 atom stereocenters. The minimum Gasteiger partial charge on any atom is -0.476 e. The molecule has 108 valence electrons. The van der Waals surface area contributed by atoms with Gasteiger partial charge in [0.15, 0.2) is 0 Å². The molecule has 2 rings (SSSR count). The van der Waals surface area contributed by atoms with Crippen molar-refractivity contribution in [3.63, 3.8) is 0 Å². The summed E-state index contributed by atoms with van der Waals surface area (Å²) in [5, 5.41) is 27.7. The Kier molecular flexibility index (Phi) is 3.91. The molecule has 0 saturated heterocycles. The summed E-state index contributed by atoms with van der Waals surface area (Å²) in [6.07, 6.45) is 0. The standard InChI is InChI=1S/C14H13N3O4/c1-14(2,20)7-6-9-4-3-5-10(8-9)21-12-11(13(18)19)15-17-16-12/h3-5,8,20H,1-2H3,(H,18,19)(H,15,16,17). The predicted molar refractivity (Wildman–Crippen MR) is 73.0 cm³/mol. The van der Waals surface area contributed by atoms with Crippen LogP contribution in [0.2, 0.25) is 0 Å². The van der Waals surface area contributed by atoms with Crippen molar-refractivity contribution in [1.29, 1.82) is 0 Å². The average molecular weight is 287 g/mol. The molecule has 1 aromatic carbocycles. The summed E-state index contributed by atoms with van der Waals surface area (Å²) in [5.41, 5.74) is -0.711. The number of hydrogen-bond acceptors (Lipinski definition) is 5. The molecule has 0 radical (unpaired) electrons. The minimum atomic E-state index is -1.21. The summed E-state index contributed by atoms with van der Waals surface area (Å²) in [5.74, 6) is 4.50. The smallest absolute Gasteiger partial charge is 0.359 e. The molecular formula is C14H13N3O4. The Bertz CT molecular complexity index is 720. The van der Waals surface area contributed by atoms with Crippen LogP contribution in [0.15, 0.2) is 24.3 Å². The lowest BCUT2D eigenvalue weighted by Gasteiger charge is -2.06. The predicted octanol–water partition coefficient (Wildman–Crippen LogP) is 1.42. The molecule has 7 nitrogen and oxygen atoms in total. The highest BCUT2D eigenvalue weighted by molar-refractivity contribution is 5.87. The molecule has 1 aromatic heterocycles. The number of aliphatic hydroxyl groups is 1. The molecule has 0 saturated carbocycles. The van der Waals surface area contributed by atoms with E-state index in [4.69, 9.17) is 9.84 Å². The fraction of sp³-hybridized carbons (Fsp3) is 0.214. The molecule has 3 N–H and O–H groups in total. The number of carboxylic acids is 1. The van der Waals surface area contributed by atoms with Crippen LogP contribution in [0.5, 0.6) is 11.6 Å². The number of H-pyrrole nitrogens is 1. The molecule has 0 aliphatic rings. The van der Waals surface area contributed by atoms with Crippen molar-refractivity contribution in [2.45, 2.75) is 19.4 Å². The summed E-state index contributed by atoms with van der Waals surface area (Å²) < 4.78 is 5.37. The van der Waals surface area contributed by atoms with E-state index in [1.165, 1.54) is 0 Å².